The Balaban J connectivity index is 0. The van der Waals surface area contributed by atoms with Crippen molar-refractivity contribution in [2.75, 3.05) is 31.6 Å². The maximum absolute atomic E-state index is 12.4. The first-order valence-electron chi connectivity index (χ1n) is 8.62. The molecule has 0 radical (unpaired) electrons. The molecule has 1 atom stereocenters. The van der Waals surface area contributed by atoms with Gasteiger partial charge in [-0.05, 0) is 37.8 Å². The molecule has 1 heterocycles. The number of anilines is 1. The maximum Gasteiger partial charge on any atom is 0.255 e. The van der Waals surface area contributed by atoms with Crippen LogP contribution in [0.2, 0.25) is 0 Å². The highest BCUT2D eigenvalue weighted by Gasteiger charge is 2.15. The molecule has 1 aromatic rings. The molecule has 5 nitrogen and oxygen atoms in total. The van der Waals surface area contributed by atoms with E-state index in [0.717, 1.165) is 31.7 Å². The number of hydrogen-bond acceptors (Lipinski definition) is 4. The van der Waals surface area contributed by atoms with Gasteiger partial charge in [-0.1, -0.05) is 20.8 Å². The summed E-state index contributed by atoms with van der Waals surface area (Å²) in [6.07, 6.45) is 3.56. The van der Waals surface area contributed by atoms with E-state index in [1.807, 2.05) is 19.2 Å². The van der Waals surface area contributed by atoms with Crippen LogP contribution in [0.4, 0.5) is 5.82 Å². The van der Waals surface area contributed by atoms with Crippen molar-refractivity contribution in [1.29, 1.82) is 0 Å². The van der Waals surface area contributed by atoms with Crippen molar-refractivity contribution in [3.05, 3.63) is 23.9 Å². The lowest BCUT2D eigenvalue weighted by Crippen LogP contribution is -2.34. The zero-order valence-corrected chi connectivity index (χ0v) is 17.7. The molecule has 1 unspecified atom stereocenters. The van der Waals surface area contributed by atoms with E-state index in [1.54, 1.807) is 11.1 Å². The number of nitrogens with two attached hydrogens (primary N) is 1. The van der Waals surface area contributed by atoms with Gasteiger partial charge in [-0.25, -0.2) is 4.98 Å². The predicted octanol–water partition coefficient (Wildman–Crippen LogP) is 3.61. The van der Waals surface area contributed by atoms with E-state index in [1.165, 1.54) is 0 Å². The minimum Gasteiger partial charge on any atom is -0.357 e. The first-order chi connectivity index (χ1) is 10.9. The van der Waals surface area contributed by atoms with Gasteiger partial charge in [0.2, 0.25) is 0 Å². The molecule has 1 aromatic heterocycles. The molecule has 7 heteroatoms. The Morgan fingerprint density at radius 1 is 1.20 bits per heavy atom. The Hall–Kier alpha value is -1.04. The second-order valence-corrected chi connectivity index (χ2v) is 6.41. The van der Waals surface area contributed by atoms with E-state index < -0.39 is 0 Å². The minimum absolute atomic E-state index is 0. The summed E-state index contributed by atoms with van der Waals surface area (Å²) >= 11 is 0. The fourth-order valence-electron chi connectivity index (χ4n) is 2.40. The van der Waals surface area contributed by atoms with Crippen LogP contribution in [-0.4, -0.2) is 48.5 Å². The average molecular weight is 393 g/mol. The molecule has 25 heavy (non-hydrogen) atoms. The smallest absolute Gasteiger partial charge is 0.255 e. The second kappa shape index (κ2) is 13.2. The Morgan fingerprint density at radius 3 is 2.28 bits per heavy atom. The van der Waals surface area contributed by atoms with Crippen molar-refractivity contribution in [3.8, 4) is 0 Å². The van der Waals surface area contributed by atoms with Gasteiger partial charge in [-0.3, -0.25) is 4.79 Å². The van der Waals surface area contributed by atoms with Gasteiger partial charge < -0.3 is 15.5 Å². The summed E-state index contributed by atoms with van der Waals surface area (Å²) in [5, 5.41) is 0. The largest absolute Gasteiger partial charge is 0.357 e. The predicted molar refractivity (Wildman–Crippen MR) is 111 cm³/mol. The molecular formula is C18H34Cl2N4O. The second-order valence-electron chi connectivity index (χ2n) is 6.41. The standard InChI is InChI=1S/C18H32N4O.2ClH/c1-6-11-22(7-2)17-9-8-15(13-20-17)18(23)21(5)12-10-16(19)14(3)4;;/h8-9,13-14,16H,6-7,10-12,19H2,1-5H3;2*1H. The molecular weight excluding hydrogens is 359 g/mol. The summed E-state index contributed by atoms with van der Waals surface area (Å²) in [5.74, 6) is 1.35. The molecule has 1 amide bonds. The summed E-state index contributed by atoms with van der Waals surface area (Å²) in [7, 11) is 1.82. The van der Waals surface area contributed by atoms with Gasteiger partial charge in [0, 0.05) is 38.9 Å². The number of aromatic nitrogens is 1. The zero-order chi connectivity index (χ0) is 17.4. The van der Waals surface area contributed by atoms with Crippen molar-refractivity contribution in [2.45, 2.75) is 46.6 Å². The van der Waals surface area contributed by atoms with Gasteiger partial charge in [0.05, 0.1) is 5.56 Å². The fraction of sp³-hybridized carbons (Fsp3) is 0.667. The Labute approximate surface area is 165 Å². The highest BCUT2D eigenvalue weighted by atomic mass is 35.5. The SMILES string of the molecule is CCCN(CC)c1ccc(C(=O)N(C)CCC(N)C(C)C)cn1.Cl.Cl. The molecule has 0 bridgehead atoms. The molecule has 2 N–H and O–H groups in total. The third kappa shape index (κ3) is 8.25. The van der Waals surface area contributed by atoms with Gasteiger partial charge in [-0.2, -0.15) is 0 Å². The van der Waals surface area contributed by atoms with Crippen LogP contribution in [0.15, 0.2) is 18.3 Å². The summed E-state index contributed by atoms with van der Waals surface area (Å²) < 4.78 is 0. The van der Waals surface area contributed by atoms with E-state index in [-0.39, 0.29) is 36.8 Å². The summed E-state index contributed by atoms with van der Waals surface area (Å²) in [6.45, 7) is 11.0. The lowest BCUT2D eigenvalue weighted by Gasteiger charge is -2.23. The first-order valence-corrected chi connectivity index (χ1v) is 8.62. The summed E-state index contributed by atoms with van der Waals surface area (Å²) in [6, 6.07) is 3.92. The van der Waals surface area contributed by atoms with Gasteiger partial charge in [0.15, 0.2) is 0 Å². The molecule has 0 saturated carbocycles. The average Bonchev–Trinajstić information content (AvgIpc) is 2.56. The van der Waals surface area contributed by atoms with E-state index in [4.69, 9.17) is 5.73 Å². The first kappa shape index (κ1) is 26.2. The van der Waals surface area contributed by atoms with Crippen molar-refractivity contribution >= 4 is 36.5 Å². The zero-order valence-electron chi connectivity index (χ0n) is 16.1. The number of carbonyl (C=O) groups is 1. The van der Waals surface area contributed by atoms with E-state index in [0.29, 0.717) is 18.0 Å². The third-order valence-corrected chi connectivity index (χ3v) is 4.19. The van der Waals surface area contributed by atoms with Gasteiger partial charge in [-0.15, -0.1) is 24.8 Å². The fourth-order valence-corrected chi connectivity index (χ4v) is 2.40. The molecule has 0 spiro atoms. The highest BCUT2D eigenvalue weighted by Crippen LogP contribution is 2.13. The van der Waals surface area contributed by atoms with Crippen molar-refractivity contribution in [1.82, 2.24) is 9.88 Å². The van der Waals surface area contributed by atoms with E-state index in [9.17, 15) is 4.79 Å². The summed E-state index contributed by atoms with van der Waals surface area (Å²) in [4.78, 5) is 20.8. The molecule has 0 aliphatic carbocycles. The normalized spacial score (nSPS) is 11.3. The van der Waals surface area contributed by atoms with Crippen LogP contribution in [0.3, 0.4) is 0 Å². The monoisotopic (exact) mass is 392 g/mol. The number of carbonyl (C=O) groups excluding carboxylic acids is 1. The number of halogens is 2. The molecule has 0 aliphatic rings. The van der Waals surface area contributed by atoms with Crippen LogP contribution in [0.1, 0.15) is 50.9 Å². The molecule has 1 rings (SSSR count). The molecule has 146 valence electrons. The van der Waals surface area contributed by atoms with Gasteiger partial charge >= 0.3 is 0 Å². The van der Waals surface area contributed by atoms with Crippen LogP contribution in [-0.2, 0) is 0 Å². The van der Waals surface area contributed by atoms with Crippen LogP contribution < -0.4 is 10.6 Å². The molecule has 0 saturated heterocycles. The van der Waals surface area contributed by atoms with Crippen LogP contribution >= 0.6 is 24.8 Å². The quantitative estimate of drug-likeness (QED) is 0.696. The minimum atomic E-state index is -0.00135. The Morgan fingerprint density at radius 2 is 1.84 bits per heavy atom. The number of nitrogens with zero attached hydrogens (tertiary/aromatic N) is 3. The number of pyridine rings is 1. The van der Waals surface area contributed by atoms with Gasteiger partial charge in [0.1, 0.15) is 5.82 Å². The van der Waals surface area contributed by atoms with Crippen molar-refractivity contribution in [2.24, 2.45) is 11.7 Å². The molecule has 0 aliphatic heterocycles. The number of hydrogen-bond donors (Lipinski definition) is 1. The lowest BCUT2D eigenvalue weighted by atomic mass is 10.0. The number of rotatable bonds is 9. The Kier molecular flexibility index (Phi) is 13.8. The summed E-state index contributed by atoms with van der Waals surface area (Å²) in [5.41, 5.74) is 6.67. The van der Waals surface area contributed by atoms with Crippen LogP contribution in [0, 0.1) is 5.92 Å². The Bertz CT molecular complexity index is 482. The highest BCUT2D eigenvalue weighted by molar-refractivity contribution is 5.93. The van der Waals surface area contributed by atoms with E-state index in [2.05, 4.69) is 37.6 Å². The van der Waals surface area contributed by atoms with Crippen molar-refractivity contribution in [3.63, 3.8) is 0 Å². The van der Waals surface area contributed by atoms with Crippen LogP contribution in [0.5, 0.6) is 0 Å². The van der Waals surface area contributed by atoms with Crippen molar-refractivity contribution < 1.29 is 4.79 Å². The lowest BCUT2D eigenvalue weighted by molar-refractivity contribution is 0.0789. The van der Waals surface area contributed by atoms with E-state index >= 15 is 0 Å². The maximum atomic E-state index is 12.4. The number of amides is 1. The molecule has 0 aromatic carbocycles. The third-order valence-electron chi connectivity index (χ3n) is 4.19. The van der Waals surface area contributed by atoms with Crippen LogP contribution in [0.25, 0.3) is 0 Å². The topological polar surface area (TPSA) is 62.5 Å². The van der Waals surface area contributed by atoms with Gasteiger partial charge in [0.25, 0.3) is 5.91 Å². The molecule has 0 fully saturated rings.